The van der Waals surface area contributed by atoms with Gasteiger partial charge in [-0.3, -0.25) is 4.79 Å². The van der Waals surface area contributed by atoms with Gasteiger partial charge in [0.05, 0.1) is 0 Å². The van der Waals surface area contributed by atoms with E-state index in [4.69, 9.17) is 0 Å². The lowest BCUT2D eigenvalue weighted by atomic mass is 10.4. The molecule has 0 aromatic rings. The van der Waals surface area contributed by atoms with E-state index in [0.29, 0.717) is 0 Å². The summed E-state index contributed by atoms with van der Waals surface area (Å²) in [5.41, 5.74) is 0. The first-order valence-corrected chi connectivity index (χ1v) is 3.75. The van der Waals surface area contributed by atoms with Crippen LogP contribution in [0.25, 0.3) is 0 Å². The molecule has 0 heterocycles. The summed E-state index contributed by atoms with van der Waals surface area (Å²) in [5.74, 6) is 0.0173. The van der Waals surface area contributed by atoms with E-state index in [1.807, 2.05) is 19.9 Å². The van der Waals surface area contributed by atoms with Gasteiger partial charge in [0.2, 0.25) is 5.91 Å². The van der Waals surface area contributed by atoms with E-state index in [1.165, 1.54) is 0 Å². The topological polar surface area (TPSA) is 29.1 Å². The molecule has 0 aromatic carbocycles. The Morgan fingerprint density at radius 2 is 2.20 bits per heavy atom. The molecule has 0 aliphatic heterocycles. The predicted octanol–water partition coefficient (Wildman–Crippen LogP) is 1.48. The molecule has 0 fully saturated rings. The molecule has 1 N–H and O–H groups in total. The molecule has 0 atom stereocenters. The van der Waals surface area contributed by atoms with Gasteiger partial charge in [0.1, 0.15) is 0 Å². The molecular weight excluding hydrogens is 126 g/mol. The normalized spacial score (nSPS) is 10.2. The standard InChI is InChI=1S/C8H15NO/c1-3-5-6-8(10)9-7-4-2/h5-6H,3-4,7H2,1-2H3,(H,9,10). The average Bonchev–Trinajstić information content (AvgIpc) is 1.97. The van der Waals surface area contributed by atoms with Gasteiger partial charge in [0.25, 0.3) is 0 Å². The second-order valence-electron chi connectivity index (χ2n) is 2.10. The zero-order chi connectivity index (χ0) is 7.82. The van der Waals surface area contributed by atoms with Gasteiger partial charge in [-0.1, -0.05) is 19.9 Å². The molecule has 0 spiro atoms. The van der Waals surface area contributed by atoms with Crippen molar-refractivity contribution in [2.45, 2.75) is 26.7 Å². The molecule has 0 aromatic heterocycles. The predicted molar refractivity (Wildman–Crippen MR) is 42.7 cm³/mol. The highest BCUT2D eigenvalue weighted by Crippen LogP contribution is 1.79. The summed E-state index contributed by atoms with van der Waals surface area (Å²) < 4.78 is 0. The number of rotatable bonds is 4. The summed E-state index contributed by atoms with van der Waals surface area (Å²) in [5, 5.41) is 2.74. The van der Waals surface area contributed by atoms with Gasteiger partial charge in [-0.25, -0.2) is 0 Å². The van der Waals surface area contributed by atoms with Crippen LogP contribution in [0.15, 0.2) is 12.2 Å². The summed E-state index contributed by atoms with van der Waals surface area (Å²) >= 11 is 0. The van der Waals surface area contributed by atoms with Crippen LogP contribution in [-0.4, -0.2) is 12.5 Å². The van der Waals surface area contributed by atoms with Crippen molar-refractivity contribution in [3.8, 4) is 0 Å². The van der Waals surface area contributed by atoms with Crippen LogP contribution < -0.4 is 5.32 Å². The first kappa shape index (κ1) is 9.21. The zero-order valence-corrected chi connectivity index (χ0v) is 6.68. The van der Waals surface area contributed by atoms with E-state index in [9.17, 15) is 4.79 Å². The SMILES string of the molecule is CCC=CC(=O)NCCC. The Morgan fingerprint density at radius 1 is 1.50 bits per heavy atom. The fraction of sp³-hybridized carbons (Fsp3) is 0.625. The number of amides is 1. The van der Waals surface area contributed by atoms with E-state index < -0.39 is 0 Å². The molecule has 0 radical (unpaired) electrons. The van der Waals surface area contributed by atoms with E-state index in [2.05, 4.69) is 5.32 Å². The van der Waals surface area contributed by atoms with Crippen LogP contribution in [0.2, 0.25) is 0 Å². The molecule has 0 aliphatic rings. The van der Waals surface area contributed by atoms with Gasteiger partial charge in [-0.2, -0.15) is 0 Å². The Balaban J connectivity index is 3.34. The van der Waals surface area contributed by atoms with Crippen molar-refractivity contribution in [3.05, 3.63) is 12.2 Å². The van der Waals surface area contributed by atoms with Crippen molar-refractivity contribution in [1.29, 1.82) is 0 Å². The van der Waals surface area contributed by atoms with Gasteiger partial charge in [0.15, 0.2) is 0 Å². The fourth-order valence-electron chi connectivity index (χ4n) is 0.532. The molecule has 0 saturated heterocycles. The zero-order valence-electron chi connectivity index (χ0n) is 6.68. The van der Waals surface area contributed by atoms with Crippen LogP contribution in [0, 0.1) is 0 Å². The summed E-state index contributed by atoms with van der Waals surface area (Å²) in [6, 6.07) is 0. The van der Waals surface area contributed by atoms with Gasteiger partial charge in [-0.15, -0.1) is 0 Å². The van der Waals surface area contributed by atoms with E-state index in [0.717, 1.165) is 19.4 Å². The maximum Gasteiger partial charge on any atom is 0.243 e. The average molecular weight is 141 g/mol. The third kappa shape index (κ3) is 5.35. The Hall–Kier alpha value is -0.790. The van der Waals surface area contributed by atoms with Crippen LogP contribution in [0.5, 0.6) is 0 Å². The number of carbonyl (C=O) groups is 1. The minimum atomic E-state index is 0.0173. The lowest BCUT2D eigenvalue weighted by Gasteiger charge is -1.95. The number of nitrogens with one attached hydrogen (secondary N) is 1. The summed E-state index contributed by atoms with van der Waals surface area (Å²) in [6.07, 6.45) is 5.34. The summed E-state index contributed by atoms with van der Waals surface area (Å²) in [6.45, 7) is 4.81. The van der Waals surface area contributed by atoms with Crippen molar-refractivity contribution in [3.63, 3.8) is 0 Å². The molecule has 0 rings (SSSR count). The highest BCUT2D eigenvalue weighted by Gasteiger charge is 1.89. The maximum absolute atomic E-state index is 10.8. The lowest BCUT2D eigenvalue weighted by molar-refractivity contribution is -0.116. The lowest BCUT2D eigenvalue weighted by Crippen LogP contribution is -2.21. The quantitative estimate of drug-likeness (QED) is 0.590. The second-order valence-corrected chi connectivity index (χ2v) is 2.10. The van der Waals surface area contributed by atoms with Crippen molar-refractivity contribution in [2.75, 3.05) is 6.54 Å². The Labute approximate surface area is 62.3 Å². The van der Waals surface area contributed by atoms with Crippen LogP contribution in [-0.2, 0) is 4.79 Å². The van der Waals surface area contributed by atoms with E-state index >= 15 is 0 Å². The molecule has 0 bridgehead atoms. The maximum atomic E-state index is 10.8. The third-order valence-electron chi connectivity index (χ3n) is 1.05. The number of allylic oxidation sites excluding steroid dienone is 1. The molecule has 2 nitrogen and oxygen atoms in total. The third-order valence-corrected chi connectivity index (χ3v) is 1.05. The first-order valence-electron chi connectivity index (χ1n) is 3.75. The largest absolute Gasteiger partial charge is 0.353 e. The van der Waals surface area contributed by atoms with Gasteiger partial charge < -0.3 is 5.32 Å². The van der Waals surface area contributed by atoms with Crippen LogP contribution in [0.4, 0.5) is 0 Å². The van der Waals surface area contributed by atoms with Crippen LogP contribution >= 0.6 is 0 Å². The molecule has 0 unspecified atom stereocenters. The van der Waals surface area contributed by atoms with Crippen molar-refractivity contribution < 1.29 is 4.79 Å². The Morgan fingerprint density at radius 3 is 2.70 bits per heavy atom. The highest BCUT2D eigenvalue weighted by molar-refractivity contribution is 5.87. The molecule has 58 valence electrons. The smallest absolute Gasteiger partial charge is 0.243 e. The van der Waals surface area contributed by atoms with Crippen LogP contribution in [0.3, 0.4) is 0 Å². The number of hydrogen-bond acceptors (Lipinski definition) is 1. The highest BCUT2D eigenvalue weighted by atomic mass is 16.1. The summed E-state index contributed by atoms with van der Waals surface area (Å²) in [4.78, 5) is 10.8. The van der Waals surface area contributed by atoms with Gasteiger partial charge in [-0.05, 0) is 18.9 Å². The first-order chi connectivity index (χ1) is 4.81. The van der Waals surface area contributed by atoms with E-state index in [-0.39, 0.29) is 5.91 Å². The van der Waals surface area contributed by atoms with Crippen molar-refractivity contribution in [2.24, 2.45) is 0 Å². The molecule has 0 saturated carbocycles. The fourth-order valence-corrected chi connectivity index (χ4v) is 0.532. The molecular formula is C8H15NO. The van der Waals surface area contributed by atoms with Crippen molar-refractivity contribution >= 4 is 5.91 Å². The van der Waals surface area contributed by atoms with Gasteiger partial charge in [0, 0.05) is 6.54 Å². The molecule has 0 aliphatic carbocycles. The minimum Gasteiger partial charge on any atom is -0.353 e. The Kier molecular flexibility index (Phi) is 5.83. The number of hydrogen-bond donors (Lipinski definition) is 1. The van der Waals surface area contributed by atoms with Gasteiger partial charge >= 0.3 is 0 Å². The minimum absolute atomic E-state index is 0.0173. The van der Waals surface area contributed by atoms with Crippen molar-refractivity contribution in [1.82, 2.24) is 5.32 Å². The summed E-state index contributed by atoms with van der Waals surface area (Å²) in [7, 11) is 0. The molecule has 1 amide bonds. The Bertz CT molecular complexity index is 118. The number of carbonyl (C=O) groups excluding carboxylic acids is 1. The molecule has 10 heavy (non-hydrogen) atoms. The monoisotopic (exact) mass is 141 g/mol. The van der Waals surface area contributed by atoms with E-state index in [1.54, 1.807) is 6.08 Å². The second kappa shape index (κ2) is 6.33. The van der Waals surface area contributed by atoms with Crippen LogP contribution in [0.1, 0.15) is 26.7 Å². The molecule has 2 heteroatoms.